The van der Waals surface area contributed by atoms with Crippen LogP contribution in [0.15, 0.2) is 0 Å². The molecule has 0 aromatic rings. The van der Waals surface area contributed by atoms with Crippen molar-refractivity contribution in [1.82, 2.24) is 0 Å². The number of hydrogen-bond acceptors (Lipinski definition) is 2. The predicted molar refractivity (Wildman–Crippen MR) is 0 cm³/mol. The van der Waals surface area contributed by atoms with Crippen molar-refractivity contribution in [2.45, 2.75) is 0 Å². The summed E-state index contributed by atoms with van der Waals surface area (Å²) in [6.07, 6.45) is 0. The van der Waals surface area contributed by atoms with Crippen LogP contribution in [0.1, 0.15) is 0 Å². The minimum Gasteiger partial charge on any atom is -0.544 e. The SMILES string of the molecule is [O-][Cl+][O-].[Rb+]. The maximum Gasteiger partial charge on any atom is 1.00 e. The van der Waals surface area contributed by atoms with Crippen LogP contribution in [0.25, 0.3) is 0 Å². The molecule has 0 N–H and O–H groups in total. The fourth-order valence-corrected chi connectivity index (χ4v) is 0. The predicted octanol–water partition coefficient (Wildman–Crippen LogP) is -5.37. The van der Waals surface area contributed by atoms with Gasteiger partial charge < -0.3 is 9.32 Å². The second-order valence-corrected chi connectivity index (χ2v) is 0.189. The van der Waals surface area contributed by atoms with Gasteiger partial charge in [0, 0.05) is 0 Å². The van der Waals surface area contributed by atoms with Crippen LogP contribution in [-0.2, 0) is 0 Å². The molecule has 0 spiro atoms. The molecule has 0 saturated heterocycles. The summed E-state index contributed by atoms with van der Waals surface area (Å²) in [6.45, 7) is 0. The zero-order valence-corrected chi connectivity index (χ0v) is 7.87. The Kier molecular flexibility index (Phi) is 20.9. The molecule has 0 fully saturated rings. The van der Waals surface area contributed by atoms with Gasteiger partial charge in [0.05, 0.1) is 11.3 Å². The van der Waals surface area contributed by atoms with Gasteiger partial charge in [-0.15, -0.1) is 0 Å². The van der Waals surface area contributed by atoms with Crippen LogP contribution in [-0.4, -0.2) is 0 Å². The van der Waals surface area contributed by atoms with Gasteiger partial charge in [-0.3, -0.25) is 0 Å². The van der Waals surface area contributed by atoms with Gasteiger partial charge in [0.1, 0.15) is 0 Å². The van der Waals surface area contributed by atoms with Gasteiger partial charge in [-0.2, -0.15) is 0 Å². The van der Waals surface area contributed by atoms with E-state index in [0.717, 1.165) is 0 Å². The van der Waals surface area contributed by atoms with E-state index < -0.39 is 11.3 Å². The average Bonchev–Trinajstić information content (AvgIpc) is 0.918. The molecule has 0 radical (unpaired) electrons. The Labute approximate surface area is 77.1 Å². The third-order valence-corrected chi connectivity index (χ3v) is 0. The summed E-state index contributed by atoms with van der Waals surface area (Å²) in [5.41, 5.74) is 0. The molecule has 0 aliphatic rings. The summed E-state index contributed by atoms with van der Waals surface area (Å²) in [5, 5.41) is 0. The molecular weight excluding hydrogens is 153 g/mol. The van der Waals surface area contributed by atoms with E-state index in [1.54, 1.807) is 0 Å². The van der Waals surface area contributed by atoms with Crippen LogP contribution in [0, 0.1) is 11.3 Å². The van der Waals surface area contributed by atoms with E-state index in [9.17, 15) is 0 Å². The van der Waals surface area contributed by atoms with Crippen molar-refractivity contribution < 1.29 is 78.8 Å². The number of halogens is 1. The second kappa shape index (κ2) is 8.89. The van der Waals surface area contributed by atoms with Crippen molar-refractivity contribution in [2.24, 2.45) is 0 Å². The van der Waals surface area contributed by atoms with Gasteiger partial charge >= 0.3 is 58.2 Å². The summed E-state index contributed by atoms with van der Waals surface area (Å²) in [5.74, 6) is 0. The van der Waals surface area contributed by atoms with E-state index in [2.05, 4.69) is 0 Å². The van der Waals surface area contributed by atoms with Crippen LogP contribution < -0.4 is 67.5 Å². The first-order valence-corrected chi connectivity index (χ1v) is 0.926. The maximum atomic E-state index is 8.24. The van der Waals surface area contributed by atoms with Crippen molar-refractivity contribution >= 4 is 0 Å². The monoisotopic (exact) mass is 152 g/mol. The minimum atomic E-state index is -0.417. The molecule has 4 heteroatoms. The van der Waals surface area contributed by atoms with E-state index >= 15 is 0 Å². The molecule has 20 valence electrons. The van der Waals surface area contributed by atoms with Crippen LogP contribution in [0.2, 0.25) is 0 Å². The van der Waals surface area contributed by atoms with Gasteiger partial charge in [-0.1, -0.05) is 0 Å². The first-order chi connectivity index (χ1) is 1.41. The molecular formula is ClO2Rb. The Morgan fingerprint density at radius 1 is 1.25 bits per heavy atom. The van der Waals surface area contributed by atoms with Crippen molar-refractivity contribution in [1.29, 1.82) is 0 Å². The smallest absolute Gasteiger partial charge is 0.544 e. The van der Waals surface area contributed by atoms with Crippen LogP contribution in [0.4, 0.5) is 0 Å². The van der Waals surface area contributed by atoms with Gasteiger partial charge in [0.25, 0.3) is 0 Å². The Balaban J connectivity index is 0. The van der Waals surface area contributed by atoms with Gasteiger partial charge in [-0.25, -0.2) is 0 Å². The molecule has 0 atom stereocenters. The molecule has 0 aromatic heterocycles. The molecule has 0 bridgehead atoms. The summed E-state index contributed by atoms with van der Waals surface area (Å²) in [6, 6.07) is 0. The van der Waals surface area contributed by atoms with E-state index in [1.807, 2.05) is 0 Å². The first-order valence-electron chi connectivity index (χ1n) is 0.309. The summed E-state index contributed by atoms with van der Waals surface area (Å²) in [4.78, 5) is 0. The topological polar surface area (TPSA) is 46.1 Å². The molecule has 0 aliphatic heterocycles. The fourth-order valence-electron chi connectivity index (χ4n) is 0. The van der Waals surface area contributed by atoms with Crippen LogP contribution >= 0.6 is 0 Å². The van der Waals surface area contributed by atoms with Crippen LogP contribution in [0.3, 0.4) is 0 Å². The molecule has 2 nitrogen and oxygen atoms in total. The Morgan fingerprint density at radius 2 is 1.25 bits per heavy atom. The largest absolute Gasteiger partial charge is 1.00 e. The zero-order valence-electron chi connectivity index (χ0n) is 2.19. The molecule has 0 heterocycles. The number of hydrogen-bond donors (Lipinski definition) is 0. The maximum absolute atomic E-state index is 8.24. The third kappa shape index (κ3) is 8.99. The van der Waals surface area contributed by atoms with Gasteiger partial charge in [0.15, 0.2) is 0 Å². The number of rotatable bonds is 0. The van der Waals surface area contributed by atoms with Crippen LogP contribution in [0.5, 0.6) is 0 Å². The minimum absolute atomic E-state index is 0. The fraction of sp³-hybridized carbons (Fsp3) is 0. The van der Waals surface area contributed by atoms with E-state index in [0.29, 0.717) is 0 Å². The molecule has 0 rings (SSSR count). The average molecular weight is 153 g/mol. The quantitative estimate of drug-likeness (QED) is 0.348. The molecule has 0 amide bonds. The molecule has 4 heavy (non-hydrogen) atoms. The second-order valence-electron chi connectivity index (χ2n) is 0.0630. The normalized spacial score (nSPS) is 4.50. The molecule has 0 aliphatic carbocycles. The Morgan fingerprint density at radius 3 is 1.25 bits per heavy atom. The Bertz CT molecular complexity index is 6.00. The third-order valence-electron chi connectivity index (χ3n) is 0. The van der Waals surface area contributed by atoms with E-state index in [1.165, 1.54) is 0 Å². The van der Waals surface area contributed by atoms with Crippen molar-refractivity contribution in [3.63, 3.8) is 0 Å². The van der Waals surface area contributed by atoms with Gasteiger partial charge in [-0.05, 0) is 0 Å². The Hall–Kier alpha value is 2.02. The zero-order chi connectivity index (χ0) is 2.71. The molecule has 0 aromatic carbocycles. The van der Waals surface area contributed by atoms with E-state index in [-0.39, 0.29) is 58.2 Å². The van der Waals surface area contributed by atoms with Gasteiger partial charge in [0.2, 0.25) is 0 Å². The standard InChI is InChI=1S/ClO2.Rb/c2-1-3;/q-1;+1. The van der Waals surface area contributed by atoms with E-state index in [4.69, 9.17) is 9.32 Å². The summed E-state index contributed by atoms with van der Waals surface area (Å²) >= 11 is -0.417. The molecule has 0 saturated carbocycles. The van der Waals surface area contributed by atoms with Crippen molar-refractivity contribution in [3.8, 4) is 0 Å². The summed E-state index contributed by atoms with van der Waals surface area (Å²) < 4.78 is 16.5. The summed E-state index contributed by atoms with van der Waals surface area (Å²) in [7, 11) is 0. The van der Waals surface area contributed by atoms with Crippen molar-refractivity contribution in [2.75, 3.05) is 0 Å². The molecule has 0 unspecified atom stereocenters. The van der Waals surface area contributed by atoms with Crippen molar-refractivity contribution in [3.05, 3.63) is 0 Å². The first kappa shape index (κ1) is 9.38.